The highest BCUT2D eigenvalue weighted by Gasteiger charge is 2.17. The maximum atomic E-state index is 11.0. The lowest BCUT2D eigenvalue weighted by atomic mass is 10.1. The number of aliphatic carboxylic acids is 1. The van der Waals surface area contributed by atoms with Crippen molar-refractivity contribution in [3.63, 3.8) is 0 Å². The number of rotatable bonds is 8. The molecule has 0 saturated heterocycles. The molecule has 0 aliphatic rings. The van der Waals surface area contributed by atoms with Gasteiger partial charge in [-0.1, -0.05) is 37.6 Å². The zero-order valence-corrected chi connectivity index (χ0v) is 17.3. The summed E-state index contributed by atoms with van der Waals surface area (Å²) in [4.78, 5) is 11.0. The van der Waals surface area contributed by atoms with E-state index in [1.165, 1.54) is 0 Å². The summed E-state index contributed by atoms with van der Waals surface area (Å²) in [6.07, 6.45) is 0. The molecule has 0 atom stereocenters. The predicted octanol–water partition coefficient (Wildman–Crippen LogP) is 5.00. The van der Waals surface area contributed by atoms with Crippen LogP contribution in [0.4, 0.5) is 0 Å². The van der Waals surface area contributed by atoms with Crippen molar-refractivity contribution in [3.05, 3.63) is 53.6 Å². The number of carboxylic acid groups (broad SMARTS) is 1. The topological polar surface area (TPSA) is 73.6 Å². The van der Waals surface area contributed by atoms with Crippen LogP contribution in [0.3, 0.4) is 0 Å². The molecule has 0 bridgehead atoms. The molecular weight excluding hydrogens is 392 g/mol. The summed E-state index contributed by atoms with van der Waals surface area (Å²) in [5.41, 5.74) is 3.34. The first-order valence-electron chi connectivity index (χ1n) is 9.24. The number of carboxylic acids is 1. The number of methoxy groups -OCH3 is 1. The Morgan fingerprint density at radius 3 is 2.52 bits per heavy atom. The lowest BCUT2D eigenvalue weighted by molar-refractivity contribution is -0.139. The monoisotopic (exact) mass is 414 g/mol. The van der Waals surface area contributed by atoms with Gasteiger partial charge in [-0.25, -0.2) is 4.79 Å². The van der Waals surface area contributed by atoms with Crippen molar-refractivity contribution in [2.45, 2.75) is 20.4 Å². The maximum Gasteiger partial charge on any atom is 0.341 e. The van der Waals surface area contributed by atoms with Crippen LogP contribution in [0, 0.1) is 5.92 Å². The average Bonchev–Trinajstić information content (AvgIpc) is 3.09. The zero-order valence-electron chi connectivity index (χ0n) is 16.6. The number of aromatic nitrogens is 2. The van der Waals surface area contributed by atoms with Crippen molar-refractivity contribution >= 4 is 17.6 Å². The Labute approximate surface area is 174 Å². The second-order valence-electron chi connectivity index (χ2n) is 7.04. The number of benzene rings is 2. The Bertz CT molecular complexity index is 997. The molecular formula is C22H23ClN2O4. The van der Waals surface area contributed by atoms with Crippen LogP contribution in [0.15, 0.2) is 48.5 Å². The highest BCUT2D eigenvalue weighted by Crippen LogP contribution is 2.35. The Morgan fingerprint density at radius 2 is 1.90 bits per heavy atom. The first-order valence-corrected chi connectivity index (χ1v) is 9.62. The number of halogens is 1. The van der Waals surface area contributed by atoms with Crippen LogP contribution in [-0.2, 0) is 11.3 Å². The predicted molar refractivity (Wildman–Crippen MR) is 113 cm³/mol. The lowest BCUT2D eigenvalue weighted by Crippen LogP contribution is -2.10. The van der Waals surface area contributed by atoms with Gasteiger partial charge in [0.25, 0.3) is 0 Å². The Kier molecular flexibility index (Phi) is 6.44. The van der Waals surface area contributed by atoms with Crippen LogP contribution in [0.2, 0.25) is 5.02 Å². The molecule has 0 spiro atoms. The van der Waals surface area contributed by atoms with Gasteiger partial charge < -0.3 is 14.6 Å². The molecule has 1 aromatic heterocycles. The van der Waals surface area contributed by atoms with Gasteiger partial charge in [-0.2, -0.15) is 5.10 Å². The van der Waals surface area contributed by atoms with Crippen LogP contribution in [0.5, 0.6) is 11.5 Å². The van der Waals surface area contributed by atoms with Gasteiger partial charge in [0.1, 0.15) is 11.5 Å². The minimum absolute atomic E-state index is 0.396. The molecule has 152 valence electrons. The smallest absolute Gasteiger partial charge is 0.341 e. The van der Waals surface area contributed by atoms with Crippen molar-refractivity contribution in [2.24, 2.45) is 5.92 Å². The second-order valence-corrected chi connectivity index (χ2v) is 7.48. The first kappa shape index (κ1) is 20.7. The van der Waals surface area contributed by atoms with Crippen LogP contribution in [-0.4, -0.2) is 34.6 Å². The van der Waals surface area contributed by atoms with E-state index < -0.39 is 12.6 Å². The highest BCUT2D eigenvalue weighted by atomic mass is 35.5. The van der Waals surface area contributed by atoms with Crippen LogP contribution in [0.25, 0.3) is 22.5 Å². The summed E-state index contributed by atoms with van der Waals surface area (Å²) in [7, 11) is 1.55. The summed E-state index contributed by atoms with van der Waals surface area (Å²) in [6, 6.07) is 14.9. The molecule has 0 saturated carbocycles. The van der Waals surface area contributed by atoms with Gasteiger partial charge >= 0.3 is 5.97 Å². The lowest BCUT2D eigenvalue weighted by Gasteiger charge is -2.11. The van der Waals surface area contributed by atoms with E-state index in [2.05, 4.69) is 13.8 Å². The van der Waals surface area contributed by atoms with Gasteiger partial charge in [0.05, 0.1) is 18.5 Å². The van der Waals surface area contributed by atoms with Gasteiger partial charge in [-0.15, -0.1) is 0 Å². The van der Waals surface area contributed by atoms with Crippen LogP contribution >= 0.6 is 11.6 Å². The Balaban J connectivity index is 2.08. The molecule has 0 aliphatic carbocycles. The number of hydrogen-bond acceptors (Lipinski definition) is 4. The summed E-state index contributed by atoms with van der Waals surface area (Å²) in [5.74, 6) is 0.329. The van der Waals surface area contributed by atoms with E-state index in [1.54, 1.807) is 19.2 Å². The van der Waals surface area contributed by atoms with E-state index >= 15 is 0 Å². The molecule has 0 amide bonds. The van der Waals surface area contributed by atoms with E-state index in [-0.39, 0.29) is 0 Å². The van der Waals surface area contributed by atoms with Gasteiger partial charge in [-0.05, 0) is 41.8 Å². The number of hydrogen-bond donors (Lipinski definition) is 1. The zero-order chi connectivity index (χ0) is 21.0. The van der Waals surface area contributed by atoms with Crippen molar-refractivity contribution in [1.82, 2.24) is 9.78 Å². The molecule has 0 unspecified atom stereocenters. The number of carbonyl (C=O) groups is 1. The molecule has 6 nitrogen and oxygen atoms in total. The SMILES string of the molecule is COc1ccc(-c2cc(-c3ccc(Cl)cc3)n(CC(C)C)n2)c(OCC(=O)O)c1. The van der Waals surface area contributed by atoms with Crippen molar-refractivity contribution in [3.8, 4) is 34.0 Å². The van der Waals surface area contributed by atoms with E-state index in [4.69, 9.17) is 31.3 Å². The largest absolute Gasteiger partial charge is 0.497 e. The van der Waals surface area contributed by atoms with Crippen molar-refractivity contribution < 1.29 is 19.4 Å². The van der Waals surface area contributed by atoms with Gasteiger partial charge in [0, 0.05) is 23.2 Å². The summed E-state index contributed by atoms with van der Waals surface area (Å²) >= 11 is 6.04. The summed E-state index contributed by atoms with van der Waals surface area (Å²) in [6.45, 7) is 4.54. The number of ether oxygens (including phenoxy) is 2. The fraction of sp³-hybridized carbons (Fsp3) is 0.273. The molecule has 0 fully saturated rings. The Morgan fingerprint density at radius 1 is 1.17 bits per heavy atom. The molecule has 0 radical (unpaired) electrons. The molecule has 1 N–H and O–H groups in total. The molecule has 29 heavy (non-hydrogen) atoms. The standard InChI is InChI=1S/C22H23ClN2O4/c1-14(2)12-25-20(15-4-6-16(23)7-5-15)11-19(24-25)18-9-8-17(28-3)10-21(18)29-13-22(26)27/h4-11,14H,12-13H2,1-3H3,(H,26,27). The van der Waals surface area contributed by atoms with Gasteiger partial charge in [0.2, 0.25) is 0 Å². The Hall–Kier alpha value is -2.99. The molecule has 3 aromatic rings. The highest BCUT2D eigenvalue weighted by molar-refractivity contribution is 6.30. The minimum atomic E-state index is -1.05. The van der Waals surface area contributed by atoms with Crippen molar-refractivity contribution in [2.75, 3.05) is 13.7 Å². The molecule has 0 aliphatic heterocycles. The van der Waals surface area contributed by atoms with Gasteiger partial charge in [0.15, 0.2) is 6.61 Å². The first-order chi connectivity index (χ1) is 13.9. The van der Waals surface area contributed by atoms with E-state index in [1.807, 2.05) is 41.1 Å². The fourth-order valence-electron chi connectivity index (χ4n) is 2.99. The quantitative estimate of drug-likeness (QED) is 0.561. The number of nitrogens with zero attached hydrogens (tertiary/aromatic N) is 2. The van der Waals surface area contributed by atoms with E-state index in [9.17, 15) is 4.79 Å². The third-order valence-corrected chi connectivity index (χ3v) is 4.53. The molecule has 7 heteroatoms. The average molecular weight is 415 g/mol. The molecule has 1 heterocycles. The summed E-state index contributed by atoms with van der Waals surface area (Å²) < 4.78 is 12.7. The normalized spacial score (nSPS) is 10.9. The van der Waals surface area contributed by atoms with Crippen LogP contribution in [0.1, 0.15) is 13.8 Å². The van der Waals surface area contributed by atoms with Gasteiger partial charge in [-0.3, -0.25) is 4.68 Å². The molecule has 2 aromatic carbocycles. The maximum absolute atomic E-state index is 11.0. The van der Waals surface area contributed by atoms with Crippen LogP contribution < -0.4 is 9.47 Å². The van der Waals surface area contributed by atoms with E-state index in [0.29, 0.717) is 33.7 Å². The third kappa shape index (κ3) is 5.09. The molecule has 3 rings (SSSR count). The minimum Gasteiger partial charge on any atom is -0.497 e. The summed E-state index contributed by atoms with van der Waals surface area (Å²) in [5, 5.41) is 14.4. The fourth-order valence-corrected chi connectivity index (χ4v) is 3.11. The van der Waals surface area contributed by atoms with E-state index in [0.717, 1.165) is 17.8 Å². The second kappa shape index (κ2) is 9.01. The third-order valence-electron chi connectivity index (χ3n) is 4.27. The van der Waals surface area contributed by atoms with Crippen molar-refractivity contribution in [1.29, 1.82) is 0 Å².